The SMILES string of the molecule is CC/C=C\C/C=C\C/C=C\C/C=C\C/C=C\CCCC(=O)NCCNP(=O)(OCC)OC[C@H]1O[C@@H](n2ccc(I)nc2=O)C(F)(F)[C@@H]1O. The van der Waals surface area contributed by atoms with Gasteiger partial charge in [0.1, 0.15) is 9.80 Å². The number of carbonyl (C=O) groups is 1. The first-order valence-corrected chi connectivity index (χ1v) is 18.8. The van der Waals surface area contributed by atoms with Gasteiger partial charge >= 0.3 is 19.4 Å². The van der Waals surface area contributed by atoms with Gasteiger partial charge in [0.05, 0.1) is 13.2 Å². The van der Waals surface area contributed by atoms with Gasteiger partial charge < -0.3 is 15.2 Å². The minimum atomic E-state index is -4.01. The third-order valence-corrected chi connectivity index (χ3v) is 9.12. The number of allylic oxidation sites excluding steroid dienone is 10. The highest BCUT2D eigenvalue weighted by Crippen LogP contribution is 2.47. The number of halogens is 3. The van der Waals surface area contributed by atoms with Crippen LogP contribution in [0, 0.1) is 3.70 Å². The van der Waals surface area contributed by atoms with Crippen LogP contribution in [0.3, 0.4) is 0 Å². The number of aromatic nitrogens is 2. The first kappa shape index (κ1) is 41.8. The van der Waals surface area contributed by atoms with Gasteiger partial charge in [0.25, 0.3) is 0 Å². The highest BCUT2D eigenvalue weighted by Gasteiger charge is 2.60. The predicted molar refractivity (Wildman–Crippen MR) is 191 cm³/mol. The topological polar surface area (TPSA) is 141 Å². The van der Waals surface area contributed by atoms with Crippen LogP contribution in [0.2, 0.25) is 0 Å². The lowest BCUT2D eigenvalue weighted by molar-refractivity contribution is -0.141. The molecule has 268 valence electrons. The zero-order valence-electron chi connectivity index (χ0n) is 27.5. The summed E-state index contributed by atoms with van der Waals surface area (Å²) in [6.07, 6.45) is 22.8. The van der Waals surface area contributed by atoms with Crippen LogP contribution in [0.5, 0.6) is 0 Å². The molecule has 2 rings (SSSR count). The van der Waals surface area contributed by atoms with E-state index < -0.39 is 44.4 Å². The maximum atomic E-state index is 14.8. The number of nitrogens with zero attached hydrogens (tertiary/aromatic N) is 2. The second kappa shape index (κ2) is 23.1. The molecule has 1 amide bonds. The maximum absolute atomic E-state index is 14.8. The number of unbranched alkanes of at least 4 members (excludes halogenated alkanes) is 1. The normalized spacial score (nSPS) is 21.0. The van der Waals surface area contributed by atoms with Gasteiger partial charge in [-0.25, -0.2) is 14.4 Å². The maximum Gasteiger partial charge on any atom is 0.405 e. The Balaban J connectivity index is 1.63. The molecule has 1 fully saturated rings. The van der Waals surface area contributed by atoms with Gasteiger partial charge in [0.2, 0.25) is 12.1 Å². The molecule has 4 atom stereocenters. The van der Waals surface area contributed by atoms with Crippen LogP contribution < -0.4 is 16.1 Å². The zero-order valence-corrected chi connectivity index (χ0v) is 30.6. The number of hydrogen-bond acceptors (Lipinski definition) is 8. The van der Waals surface area contributed by atoms with Gasteiger partial charge in [-0.1, -0.05) is 67.7 Å². The Kier molecular flexibility index (Phi) is 20.2. The van der Waals surface area contributed by atoms with E-state index in [-0.39, 0.29) is 25.6 Å². The van der Waals surface area contributed by atoms with Crippen LogP contribution in [0.15, 0.2) is 77.8 Å². The summed E-state index contributed by atoms with van der Waals surface area (Å²) in [7, 11) is -4.01. The molecule has 0 spiro atoms. The van der Waals surface area contributed by atoms with Crippen molar-refractivity contribution < 1.29 is 37.0 Å². The fourth-order valence-electron chi connectivity index (χ4n) is 4.38. The van der Waals surface area contributed by atoms with Crippen LogP contribution in [0.25, 0.3) is 0 Å². The standard InChI is InChI=1S/C33H48F2IN4O7P/c1-3-5-6-7-8-9-10-11-12-13-14-15-16-17-18-19-20-21-29(41)37-23-24-38-48(44,45-4-2)46-26-27-30(42)33(34,35)31(47-27)40-25-22-28(36)39-32(40)43/h5-6,8-9,11-12,14-15,17-18,22,25,27,30-31,42H,3-4,7,10,13,16,19-21,23-24,26H2,1-2H3,(H,37,41)(H,38,44)/b6-5-,9-8-,12-11-,15-14-,18-17-/t27-,30-,31-,48?/m1/s1. The molecule has 1 unspecified atom stereocenters. The molecule has 0 aromatic carbocycles. The van der Waals surface area contributed by atoms with E-state index in [4.69, 9.17) is 13.8 Å². The molecule has 1 aromatic rings. The van der Waals surface area contributed by atoms with Crippen molar-refractivity contribution in [3.8, 4) is 0 Å². The zero-order chi connectivity index (χ0) is 35.3. The first-order valence-electron chi connectivity index (χ1n) is 16.2. The second-order valence-electron chi connectivity index (χ2n) is 10.7. The van der Waals surface area contributed by atoms with E-state index >= 15 is 0 Å². The molecule has 1 saturated heterocycles. The van der Waals surface area contributed by atoms with Crippen molar-refractivity contribution in [3.05, 3.63) is 87.2 Å². The summed E-state index contributed by atoms with van der Waals surface area (Å²) in [5, 5.41) is 15.5. The molecular weight excluding hydrogens is 760 g/mol. The Bertz CT molecular complexity index is 1370. The fourth-order valence-corrected chi connectivity index (χ4v) is 6.07. The predicted octanol–water partition coefficient (Wildman–Crippen LogP) is 6.53. The van der Waals surface area contributed by atoms with Crippen molar-refractivity contribution in [2.75, 3.05) is 26.3 Å². The lowest BCUT2D eigenvalue weighted by Crippen LogP contribution is -2.42. The summed E-state index contributed by atoms with van der Waals surface area (Å²) in [6, 6.07) is 1.34. The number of nitrogens with one attached hydrogen (secondary N) is 2. The number of aliphatic hydroxyl groups excluding tert-OH is 1. The molecular formula is C33H48F2IN4O7P. The Labute approximate surface area is 295 Å². The summed E-state index contributed by atoms with van der Waals surface area (Å²) in [4.78, 5) is 27.9. The molecule has 0 radical (unpaired) electrons. The molecule has 3 N–H and O–H groups in total. The molecule has 1 aliphatic heterocycles. The summed E-state index contributed by atoms with van der Waals surface area (Å²) in [6.45, 7) is 3.08. The van der Waals surface area contributed by atoms with Gasteiger partial charge in [-0.3, -0.25) is 18.4 Å². The van der Waals surface area contributed by atoms with Crippen molar-refractivity contribution in [1.82, 2.24) is 20.0 Å². The van der Waals surface area contributed by atoms with Crippen LogP contribution in [0.1, 0.15) is 71.4 Å². The largest absolute Gasteiger partial charge is 0.405 e. The van der Waals surface area contributed by atoms with Gasteiger partial charge in [-0.05, 0) is 80.5 Å². The number of ether oxygens (including phenoxy) is 1. The van der Waals surface area contributed by atoms with Crippen LogP contribution in [0.4, 0.5) is 8.78 Å². The minimum Gasteiger partial charge on any atom is -0.384 e. The smallest absolute Gasteiger partial charge is 0.384 e. The summed E-state index contributed by atoms with van der Waals surface area (Å²) < 4.78 is 59.3. The molecule has 11 nitrogen and oxygen atoms in total. The average molecular weight is 809 g/mol. The first-order chi connectivity index (χ1) is 23.0. The summed E-state index contributed by atoms with van der Waals surface area (Å²) >= 11 is 1.76. The summed E-state index contributed by atoms with van der Waals surface area (Å²) in [5.74, 6) is -4.03. The van der Waals surface area contributed by atoms with E-state index in [9.17, 15) is 28.0 Å². The molecule has 1 aliphatic rings. The molecule has 0 aliphatic carbocycles. The van der Waals surface area contributed by atoms with Gasteiger partial charge in [0, 0.05) is 25.7 Å². The van der Waals surface area contributed by atoms with Crippen molar-refractivity contribution in [3.63, 3.8) is 0 Å². The van der Waals surface area contributed by atoms with Crippen LogP contribution in [-0.2, 0) is 23.1 Å². The monoisotopic (exact) mass is 808 g/mol. The van der Waals surface area contributed by atoms with Crippen molar-refractivity contribution in [2.24, 2.45) is 0 Å². The van der Waals surface area contributed by atoms with Crippen LogP contribution in [-0.4, -0.2) is 65.0 Å². The van der Waals surface area contributed by atoms with E-state index in [0.29, 0.717) is 21.1 Å². The lowest BCUT2D eigenvalue weighted by atomic mass is 10.1. The molecule has 2 heterocycles. The van der Waals surface area contributed by atoms with Gasteiger partial charge in [-0.15, -0.1) is 0 Å². The van der Waals surface area contributed by atoms with E-state index in [1.165, 1.54) is 6.07 Å². The fraction of sp³-hybridized carbons (Fsp3) is 0.545. The van der Waals surface area contributed by atoms with Crippen molar-refractivity contribution in [1.29, 1.82) is 0 Å². The van der Waals surface area contributed by atoms with Crippen molar-refractivity contribution >= 4 is 36.2 Å². The molecule has 0 bridgehead atoms. The second-order valence-corrected chi connectivity index (χ2v) is 13.6. The Morgan fingerprint density at radius 1 is 1.04 bits per heavy atom. The number of rotatable bonds is 23. The lowest BCUT2D eigenvalue weighted by Gasteiger charge is -2.22. The van der Waals surface area contributed by atoms with Gasteiger partial charge in [0.15, 0.2) is 6.10 Å². The molecule has 15 heteroatoms. The third kappa shape index (κ3) is 15.5. The number of alkyl halides is 2. The average Bonchev–Trinajstić information content (AvgIpc) is 3.27. The van der Waals surface area contributed by atoms with Crippen LogP contribution >= 0.6 is 30.3 Å². The molecule has 0 saturated carbocycles. The highest BCUT2D eigenvalue weighted by molar-refractivity contribution is 14.1. The van der Waals surface area contributed by atoms with E-state index in [1.807, 2.05) is 6.08 Å². The number of carbonyl (C=O) groups excluding carboxylic acids is 1. The van der Waals surface area contributed by atoms with Gasteiger partial charge in [-0.2, -0.15) is 13.8 Å². The molecule has 1 aromatic heterocycles. The number of hydrogen-bond donors (Lipinski definition) is 3. The van der Waals surface area contributed by atoms with E-state index in [1.54, 1.807) is 29.5 Å². The third-order valence-electron chi connectivity index (χ3n) is 6.82. The van der Waals surface area contributed by atoms with E-state index in [2.05, 4.69) is 77.0 Å². The summed E-state index contributed by atoms with van der Waals surface area (Å²) in [5.41, 5.74) is -0.974. The number of aliphatic hydroxyl groups is 1. The highest BCUT2D eigenvalue weighted by atomic mass is 127. The van der Waals surface area contributed by atoms with Crippen molar-refractivity contribution in [2.45, 2.75) is 89.6 Å². The minimum absolute atomic E-state index is 0.00830. The Morgan fingerprint density at radius 2 is 1.65 bits per heavy atom. The Morgan fingerprint density at radius 3 is 2.23 bits per heavy atom. The quantitative estimate of drug-likeness (QED) is 0.0370. The Hall–Kier alpha value is -2.33. The van der Waals surface area contributed by atoms with E-state index in [0.717, 1.165) is 44.7 Å². The number of amides is 1. The molecule has 48 heavy (non-hydrogen) atoms.